The topological polar surface area (TPSA) is 58.4 Å². The second-order valence-corrected chi connectivity index (χ2v) is 7.20. The van der Waals surface area contributed by atoms with Gasteiger partial charge in [0, 0.05) is 6.04 Å². The van der Waals surface area contributed by atoms with Crippen LogP contribution in [0.4, 0.5) is 0 Å². The molecule has 21 heavy (non-hydrogen) atoms. The molecule has 0 radical (unpaired) electrons. The number of carbonyl (C=O) groups is 1. The molecule has 4 heteroatoms. The Morgan fingerprint density at radius 1 is 1.29 bits per heavy atom. The SMILES string of the molecule is CCCNC1(C(N)=O)CCCC(N2CCCC(C)CC2)C1. The van der Waals surface area contributed by atoms with Crippen LogP contribution in [0.1, 0.15) is 65.2 Å². The lowest BCUT2D eigenvalue weighted by molar-refractivity contribution is -0.126. The van der Waals surface area contributed by atoms with Gasteiger partial charge in [-0.05, 0) is 76.9 Å². The van der Waals surface area contributed by atoms with Gasteiger partial charge in [0.25, 0.3) is 0 Å². The maximum absolute atomic E-state index is 12.1. The van der Waals surface area contributed by atoms with E-state index in [0.717, 1.165) is 38.1 Å². The zero-order valence-corrected chi connectivity index (χ0v) is 13.9. The number of carbonyl (C=O) groups excluding carboxylic acids is 1. The first-order valence-corrected chi connectivity index (χ1v) is 8.86. The minimum atomic E-state index is -0.461. The zero-order valence-electron chi connectivity index (χ0n) is 13.9. The fourth-order valence-electron chi connectivity index (χ4n) is 4.04. The van der Waals surface area contributed by atoms with E-state index in [2.05, 4.69) is 24.1 Å². The van der Waals surface area contributed by atoms with Crippen molar-refractivity contribution < 1.29 is 4.79 Å². The predicted molar refractivity (Wildman–Crippen MR) is 87.1 cm³/mol. The van der Waals surface area contributed by atoms with Gasteiger partial charge in [-0.2, -0.15) is 0 Å². The Kier molecular flexibility index (Phi) is 6.06. The molecule has 1 heterocycles. The van der Waals surface area contributed by atoms with Crippen molar-refractivity contribution in [1.82, 2.24) is 10.2 Å². The van der Waals surface area contributed by atoms with E-state index in [9.17, 15) is 4.79 Å². The van der Waals surface area contributed by atoms with Crippen molar-refractivity contribution >= 4 is 5.91 Å². The maximum atomic E-state index is 12.1. The average molecular weight is 295 g/mol. The summed E-state index contributed by atoms with van der Waals surface area (Å²) in [6, 6.07) is 0.529. The van der Waals surface area contributed by atoms with Crippen LogP contribution < -0.4 is 11.1 Å². The normalized spacial score (nSPS) is 35.3. The molecule has 2 fully saturated rings. The third-order valence-electron chi connectivity index (χ3n) is 5.48. The number of hydrogen-bond donors (Lipinski definition) is 2. The number of primary amides is 1. The minimum Gasteiger partial charge on any atom is -0.368 e. The summed E-state index contributed by atoms with van der Waals surface area (Å²) in [6.45, 7) is 7.76. The Hall–Kier alpha value is -0.610. The second-order valence-electron chi connectivity index (χ2n) is 7.20. The lowest BCUT2D eigenvalue weighted by atomic mass is 9.77. The summed E-state index contributed by atoms with van der Waals surface area (Å²) < 4.78 is 0. The van der Waals surface area contributed by atoms with Crippen molar-refractivity contribution in [3.8, 4) is 0 Å². The van der Waals surface area contributed by atoms with E-state index in [1.807, 2.05) is 0 Å². The molecule has 3 atom stereocenters. The molecule has 2 aliphatic rings. The van der Waals surface area contributed by atoms with Crippen LogP contribution in [0.3, 0.4) is 0 Å². The Bertz CT molecular complexity index is 347. The maximum Gasteiger partial charge on any atom is 0.237 e. The molecule has 1 aliphatic heterocycles. The molecule has 3 unspecified atom stereocenters. The molecule has 1 aliphatic carbocycles. The molecule has 0 aromatic rings. The van der Waals surface area contributed by atoms with Crippen LogP contribution >= 0.6 is 0 Å². The number of amides is 1. The molecule has 4 nitrogen and oxygen atoms in total. The molecule has 1 saturated heterocycles. The van der Waals surface area contributed by atoms with Gasteiger partial charge in [-0.1, -0.05) is 13.8 Å². The Morgan fingerprint density at radius 2 is 2.10 bits per heavy atom. The summed E-state index contributed by atoms with van der Waals surface area (Å²) in [5.41, 5.74) is 5.31. The van der Waals surface area contributed by atoms with Crippen LogP contribution in [-0.4, -0.2) is 42.0 Å². The molecule has 122 valence electrons. The Labute approximate surface area is 129 Å². The van der Waals surface area contributed by atoms with Gasteiger partial charge in [-0.3, -0.25) is 4.79 Å². The van der Waals surface area contributed by atoms with Gasteiger partial charge >= 0.3 is 0 Å². The molecular weight excluding hydrogens is 262 g/mol. The van der Waals surface area contributed by atoms with E-state index >= 15 is 0 Å². The van der Waals surface area contributed by atoms with Gasteiger partial charge in [-0.15, -0.1) is 0 Å². The minimum absolute atomic E-state index is 0.149. The summed E-state index contributed by atoms with van der Waals surface area (Å²) in [6.07, 6.45) is 9.11. The standard InChI is InChI=1S/C17H33N3O/c1-3-10-19-17(16(18)21)9-4-7-15(13-17)20-11-5-6-14(2)8-12-20/h14-15,19H,3-13H2,1-2H3,(H2,18,21). The predicted octanol–water partition coefficient (Wildman–Crippen LogP) is 2.27. The third kappa shape index (κ3) is 4.19. The highest BCUT2D eigenvalue weighted by Gasteiger charge is 2.42. The number of nitrogens with zero attached hydrogens (tertiary/aromatic N) is 1. The zero-order chi connectivity index (χ0) is 15.3. The number of nitrogens with two attached hydrogens (primary N) is 1. The second kappa shape index (κ2) is 7.59. The van der Waals surface area contributed by atoms with Gasteiger partial charge in [0.1, 0.15) is 0 Å². The van der Waals surface area contributed by atoms with Gasteiger partial charge in [-0.25, -0.2) is 0 Å². The van der Waals surface area contributed by atoms with Gasteiger partial charge in [0.05, 0.1) is 5.54 Å². The van der Waals surface area contributed by atoms with Crippen molar-refractivity contribution in [3.05, 3.63) is 0 Å². The molecular formula is C17H33N3O. The third-order valence-corrected chi connectivity index (χ3v) is 5.48. The summed E-state index contributed by atoms with van der Waals surface area (Å²) in [5.74, 6) is 0.696. The van der Waals surface area contributed by atoms with Crippen molar-refractivity contribution in [2.45, 2.75) is 76.8 Å². The molecule has 3 N–H and O–H groups in total. The molecule has 2 rings (SSSR count). The molecule has 0 spiro atoms. The largest absolute Gasteiger partial charge is 0.368 e. The van der Waals surface area contributed by atoms with Crippen molar-refractivity contribution in [3.63, 3.8) is 0 Å². The first-order chi connectivity index (χ1) is 10.1. The average Bonchev–Trinajstić information content (AvgIpc) is 2.70. The number of nitrogens with one attached hydrogen (secondary N) is 1. The highest BCUT2D eigenvalue weighted by atomic mass is 16.1. The van der Waals surface area contributed by atoms with Crippen LogP contribution in [0, 0.1) is 5.92 Å². The highest BCUT2D eigenvalue weighted by Crippen LogP contribution is 2.33. The number of likely N-dealkylation sites (tertiary alicyclic amines) is 1. The van der Waals surface area contributed by atoms with E-state index in [1.54, 1.807) is 0 Å². The van der Waals surface area contributed by atoms with Crippen LogP contribution in [-0.2, 0) is 4.79 Å². The fraction of sp³-hybridized carbons (Fsp3) is 0.941. The highest BCUT2D eigenvalue weighted by molar-refractivity contribution is 5.84. The number of rotatable bonds is 5. The Morgan fingerprint density at radius 3 is 2.81 bits per heavy atom. The Balaban J connectivity index is 2.02. The summed E-state index contributed by atoms with van der Waals surface area (Å²) in [5, 5.41) is 3.48. The van der Waals surface area contributed by atoms with Crippen LogP contribution in [0.5, 0.6) is 0 Å². The molecule has 1 saturated carbocycles. The number of hydrogen-bond acceptors (Lipinski definition) is 3. The lowest BCUT2D eigenvalue weighted by Crippen LogP contribution is -2.60. The van der Waals surface area contributed by atoms with E-state index in [0.29, 0.717) is 6.04 Å². The quantitative estimate of drug-likeness (QED) is 0.818. The van der Waals surface area contributed by atoms with Crippen LogP contribution in [0.25, 0.3) is 0 Å². The van der Waals surface area contributed by atoms with E-state index in [1.165, 1.54) is 38.8 Å². The van der Waals surface area contributed by atoms with E-state index in [-0.39, 0.29) is 5.91 Å². The van der Waals surface area contributed by atoms with Crippen LogP contribution in [0.15, 0.2) is 0 Å². The molecule has 1 amide bonds. The van der Waals surface area contributed by atoms with Crippen molar-refractivity contribution in [1.29, 1.82) is 0 Å². The van der Waals surface area contributed by atoms with Gasteiger partial charge < -0.3 is 16.0 Å². The van der Waals surface area contributed by atoms with E-state index in [4.69, 9.17) is 5.73 Å². The van der Waals surface area contributed by atoms with Gasteiger partial charge in [0.2, 0.25) is 5.91 Å². The first-order valence-electron chi connectivity index (χ1n) is 8.86. The molecule has 0 aromatic heterocycles. The lowest BCUT2D eigenvalue weighted by Gasteiger charge is -2.43. The summed E-state index contributed by atoms with van der Waals surface area (Å²) >= 11 is 0. The van der Waals surface area contributed by atoms with Gasteiger partial charge in [0.15, 0.2) is 0 Å². The van der Waals surface area contributed by atoms with Crippen molar-refractivity contribution in [2.24, 2.45) is 11.7 Å². The van der Waals surface area contributed by atoms with Crippen molar-refractivity contribution in [2.75, 3.05) is 19.6 Å². The van der Waals surface area contributed by atoms with E-state index < -0.39 is 5.54 Å². The molecule has 0 bridgehead atoms. The molecule has 0 aromatic carbocycles. The van der Waals surface area contributed by atoms with Crippen LogP contribution in [0.2, 0.25) is 0 Å². The summed E-state index contributed by atoms with van der Waals surface area (Å²) in [4.78, 5) is 14.7. The fourth-order valence-corrected chi connectivity index (χ4v) is 4.04. The summed E-state index contributed by atoms with van der Waals surface area (Å²) in [7, 11) is 0. The first kappa shape index (κ1) is 16.8. The monoisotopic (exact) mass is 295 g/mol. The smallest absolute Gasteiger partial charge is 0.237 e.